The van der Waals surface area contributed by atoms with Crippen molar-refractivity contribution in [2.45, 2.75) is 0 Å². The molecule has 4 nitrogen and oxygen atoms in total. The SMILES string of the molecule is C=CCN(CC=C)c1n[c]ncn1. The van der Waals surface area contributed by atoms with E-state index in [1.165, 1.54) is 6.33 Å². The van der Waals surface area contributed by atoms with E-state index in [-0.39, 0.29) is 0 Å². The molecular weight excluding hydrogens is 164 g/mol. The molecule has 1 rings (SSSR count). The Hall–Kier alpha value is -1.71. The van der Waals surface area contributed by atoms with Crippen molar-refractivity contribution in [3.63, 3.8) is 0 Å². The van der Waals surface area contributed by atoms with Crippen molar-refractivity contribution >= 4 is 5.95 Å². The molecule has 1 heterocycles. The molecule has 0 amide bonds. The summed E-state index contributed by atoms with van der Waals surface area (Å²) in [6.07, 6.45) is 7.47. The second-order valence-corrected chi connectivity index (χ2v) is 2.37. The summed E-state index contributed by atoms with van der Waals surface area (Å²) in [4.78, 5) is 13.4. The van der Waals surface area contributed by atoms with E-state index < -0.39 is 0 Å². The molecule has 1 aromatic rings. The van der Waals surface area contributed by atoms with E-state index in [1.54, 1.807) is 12.2 Å². The molecule has 0 saturated carbocycles. The Kier molecular flexibility index (Phi) is 3.63. The van der Waals surface area contributed by atoms with E-state index >= 15 is 0 Å². The Morgan fingerprint density at radius 3 is 2.54 bits per heavy atom. The van der Waals surface area contributed by atoms with Gasteiger partial charge >= 0.3 is 0 Å². The van der Waals surface area contributed by atoms with E-state index in [1.807, 2.05) is 4.90 Å². The molecule has 4 heteroatoms. The highest BCUT2D eigenvalue weighted by molar-refractivity contribution is 5.29. The maximum Gasteiger partial charge on any atom is 0.229 e. The number of aromatic nitrogens is 3. The van der Waals surface area contributed by atoms with Gasteiger partial charge < -0.3 is 4.90 Å². The predicted molar refractivity (Wildman–Crippen MR) is 51.3 cm³/mol. The van der Waals surface area contributed by atoms with Gasteiger partial charge in [-0.3, -0.25) is 0 Å². The van der Waals surface area contributed by atoms with Gasteiger partial charge in [-0.15, -0.1) is 13.2 Å². The number of nitrogens with zero attached hydrogens (tertiary/aromatic N) is 4. The fraction of sp³-hybridized carbons (Fsp3) is 0.222. The molecule has 0 unspecified atom stereocenters. The van der Waals surface area contributed by atoms with Crippen LogP contribution in [0.5, 0.6) is 0 Å². The zero-order valence-electron chi connectivity index (χ0n) is 7.35. The fourth-order valence-corrected chi connectivity index (χ4v) is 0.911. The lowest BCUT2D eigenvalue weighted by Crippen LogP contribution is -2.25. The van der Waals surface area contributed by atoms with Gasteiger partial charge in [0.25, 0.3) is 0 Å². The average molecular weight is 175 g/mol. The van der Waals surface area contributed by atoms with Crippen LogP contribution in [-0.2, 0) is 0 Å². The molecule has 0 bridgehead atoms. The molecule has 13 heavy (non-hydrogen) atoms. The van der Waals surface area contributed by atoms with Gasteiger partial charge in [0.1, 0.15) is 6.33 Å². The van der Waals surface area contributed by atoms with Crippen molar-refractivity contribution in [1.82, 2.24) is 15.0 Å². The Labute approximate surface area is 77.7 Å². The smallest absolute Gasteiger partial charge is 0.229 e. The summed E-state index contributed by atoms with van der Waals surface area (Å²) in [5, 5.41) is 0. The molecule has 1 radical (unpaired) electrons. The summed E-state index contributed by atoms with van der Waals surface area (Å²) in [5.41, 5.74) is 0. The third-order valence-electron chi connectivity index (χ3n) is 1.42. The van der Waals surface area contributed by atoms with Crippen LogP contribution in [0.4, 0.5) is 5.95 Å². The normalized spacial score (nSPS) is 9.23. The minimum atomic E-state index is 0.592. The minimum Gasteiger partial charge on any atom is -0.333 e. The first-order chi connectivity index (χ1) is 6.38. The van der Waals surface area contributed by atoms with Gasteiger partial charge in [0.15, 0.2) is 0 Å². The maximum atomic E-state index is 3.99. The topological polar surface area (TPSA) is 41.9 Å². The van der Waals surface area contributed by atoms with E-state index in [0.29, 0.717) is 19.0 Å². The summed E-state index contributed by atoms with van der Waals surface area (Å²) in [7, 11) is 0. The van der Waals surface area contributed by atoms with Gasteiger partial charge in [-0.25, -0.2) is 9.97 Å². The first-order valence-electron chi connectivity index (χ1n) is 3.90. The van der Waals surface area contributed by atoms with Crippen LogP contribution in [-0.4, -0.2) is 28.0 Å². The highest BCUT2D eigenvalue weighted by Crippen LogP contribution is 2.02. The third-order valence-corrected chi connectivity index (χ3v) is 1.42. The molecule has 0 spiro atoms. The van der Waals surface area contributed by atoms with Crippen molar-refractivity contribution < 1.29 is 0 Å². The van der Waals surface area contributed by atoms with Gasteiger partial charge in [-0.1, -0.05) is 12.2 Å². The lowest BCUT2D eigenvalue weighted by Gasteiger charge is -2.17. The Morgan fingerprint density at radius 1 is 1.38 bits per heavy atom. The first-order valence-corrected chi connectivity index (χ1v) is 3.90. The van der Waals surface area contributed by atoms with Gasteiger partial charge in [-0.05, 0) is 0 Å². The van der Waals surface area contributed by atoms with E-state index in [9.17, 15) is 0 Å². The summed E-state index contributed by atoms with van der Waals surface area (Å²) < 4.78 is 0. The maximum absolute atomic E-state index is 3.99. The monoisotopic (exact) mass is 175 g/mol. The summed E-state index contributed by atoms with van der Waals surface area (Å²) in [6, 6.07) is 0. The van der Waals surface area contributed by atoms with E-state index in [0.717, 1.165) is 0 Å². The molecule has 0 aliphatic rings. The largest absolute Gasteiger partial charge is 0.333 e. The summed E-state index contributed by atoms with van der Waals surface area (Å²) in [6.45, 7) is 8.67. The molecule has 67 valence electrons. The van der Waals surface area contributed by atoms with Crippen LogP contribution in [0.3, 0.4) is 0 Å². The Morgan fingerprint density at radius 2 is 2.08 bits per heavy atom. The molecule has 0 N–H and O–H groups in total. The van der Waals surface area contributed by atoms with Gasteiger partial charge in [-0.2, -0.15) is 4.98 Å². The minimum absolute atomic E-state index is 0.592. The molecule has 0 fully saturated rings. The molecule has 0 atom stereocenters. The van der Waals surface area contributed by atoms with Crippen LogP contribution < -0.4 is 4.90 Å². The van der Waals surface area contributed by atoms with Crippen LogP contribution >= 0.6 is 0 Å². The van der Waals surface area contributed by atoms with Crippen LogP contribution in [0.1, 0.15) is 0 Å². The molecule has 0 aliphatic heterocycles. The second-order valence-electron chi connectivity index (χ2n) is 2.37. The third kappa shape index (κ3) is 2.66. The second kappa shape index (κ2) is 5.03. The number of hydrogen-bond acceptors (Lipinski definition) is 4. The van der Waals surface area contributed by atoms with Crippen LogP contribution in [0.25, 0.3) is 0 Å². The standard InChI is InChI=1S/C9H11N4/c1-3-5-13(6-4-2)9-11-7-10-8-12-9/h3-4,7H,1-2,5-6H2. The Balaban J connectivity index is 2.75. The zero-order chi connectivity index (χ0) is 9.52. The van der Waals surface area contributed by atoms with Gasteiger partial charge in [0.2, 0.25) is 12.3 Å². The van der Waals surface area contributed by atoms with Crippen LogP contribution in [0.2, 0.25) is 0 Å². The quantitative estimate of drug-likeness (QED) is 0.622. The summed E-state index contributed by atoms with van der Waals surface area (Å²) >= 11 is 0. The van der Waals surface area contributed by atoms with Crippen molar-refractivity contribution in [3.8, 4) is 0 Å². The van der Waals surface area contributed by atoms with Gasteiger partial charge in [0, 0.05) is 13.1 Å². The zero-order valence-corrected chi connectivity index (χ0v) is 7.35. The lowest BCUT2D eigenvalue weighted by atomic mass is 10.5. The van der Waals surface area contributed by atoms with Crippen molar-refractivity contribution in [3.05, 3.63) is 38.0 Å². The fourth-order valence-electron chi connectivity index (χ4n) is 0.911. The molecule has 0 aromatic carbocycles. The van der Waals surface area contributed by atoms with Crippen molar-refractivity contribution in [2.75, 3.05) is 18.0 Å². The molecular formula is C9H11N4. The van der Waals surface area contributed by atoms with Crippen molar-refractivity contribution in [1.29, 1.82) is 0 Å². The predicted octanol–water partition coefficient (Wildman–Crippen LogP) is 0.850. The van der Waals surface area contributed by atoms with Gasteiger partial charge in [0.05, 0.1) is 0 Å². The molecule has 0 aliphatic carbocycles. The molecule has 0 saturated heterocycles. The van der Waals surface area contributed by atoms with E-state index in [4.69, 9.17) is 0 Å². The first kappa shape index (κ1) is 9.38. The van der Waals surface area contributed by atoms with E-state index in [2.05, 4.69) is 34.4 Å². The lowest BCUT2D eigenvalue weighted by molar-refractivity contribution is 0.868. The van der Waals surface area contributed by atoms with Crippen LogP contribution in [0, 0.1) is 6.33 Å². The Bertz CT molecular complexity index is 260. The highest BCUT2D eigenvalue weighted by Gasteiger charge is 2.03. The van der Waals surface area contributed by atoms with Crippen molar-refractivity contribution in [2.24, 2.45) is 0 Å². The molecule has 1 aromatic heterocycles. The number of rotatable bonds is 5. The average Bonchev–Trinajstić information content (AvgIpc) is 2.19. The number of hydrogen-bond donors (Lipinski definition) is 0. The highest BCUT2D eigenvalue weighted by atomic mass is 15.3. The van der Waals surface area contributed by atoms with Crippen LogP contribution in [0.15, 0.2) is 31.6 Å². The number of anilines is 1. The summed E-state index contributed by atoms with van der Waals surface area (Å²) in [5.74, 6) is 0.592.